The molecule has 3 aromatic rings. The van der Waals surface area contributed by atoms with Crippen LogP contribution in [0.3, 0.4) is 0 Å². The fourth-order valence-corrected chi connectivity index (χ4v) is 4.90. The molecule has 4 rings (SSSR count). The minimum atomic E-state index is -3.86. The summed E-state index contributed by atoms with van der Waals surface area (Å²) in [7, 11) is -2.24. The third-order valence-electron chi connectivity index (χ3n) is 5.10. The fraction of sp³-hybridized carbons (Fsp3) is 0.333. The quantitative estimate of drug-likeness (QED) is 0.570. The van der Waals surface area contributed by atoms with Crippen molar-refractivity contribution in [1.29, 1.82) is 0 Å². The molecule has 0 fully saturated rings. The van der Waals surface area contributed by atoms with E-state index >= 15 is 0 Å². The minimum Gasteiger partial charge on any atom is -0.475 e. The number of rotatable bonds is 4. The zero-order valence-electron chi connectivity index (χ0n) is 17.9. The van der Waals surface area contributed by atoms with Gasteiger partial charge in [0.1, 0.15) is 5.52 Å². The second-order valence-corrected chi connectivity index (χ2v) is 10.1. The molecule has 0 spiro atoms. The predicted molar refractivity (Wildman–Crippen MR) is 118 cm³/mol. The van der Waals surface area contributed by atoms with Gasteiger partial charge in [-0.25, -0.2) is 13.1 Å². The van der Waals surface area contributed by atoms with E-state index in [0.29, 0.717) is 27.8 Å². The highest BCUT2D eigenvalue weighted by Gasteiger charge is 2.38. The van der Waals surface area contributed by atoms with Gasteiger partial charge in [0, 0.05) is 42.0 Å². The number of amides is 1. The Balaban J connectivity index is 2.07. The van der Waals surface area contributed by atoms with Gasteiger partial charge in [-0.15, -0.1) is 0 Å². The molecular formula is C21H24N4O5S. The average Bonchev–Trinajstić information content (AvgIpc) is 3.14. The van der Waals surface area contributed by atoms with E-state index in [1.165, 1.54) is 16.7 Å². The molecule has 1 aliphatic rings. The maximum Gasteiger partial charge on any atom is 0.274 e. The summed E-state index contributed by atoms with van der Waals surface area (Å²) in [4.78, 5) is 27.9. The Morgan fingerprint density at radius 3 is 2.55 bits per heavy atom. The second kappa shape index (κ2) is 6.96. The van der Waals surface area contributed by atoms with Crippen molar-refractivity contribution in [3.8, 4) is 16.9 Å². The van der Waals surface area contributed by atoms with Crippen LogP contribution in [0.5, 0.6) is 5.75 Å². The number of sulfonamides is 1. The SMILES string of the molecule is CC(C)NS(=O)(=O)c1cc2c(c(-c3cn(C)c(=O)c4[nH]ccc34)c1)OC(C)(C)C(=O)N2. The standard InChI is InChI=1S/C21H24N4O5S/c1-11(2)24-31(28,29)12-8-14(18-16(9-12)23-20(27)21(3,4)30-18)15-10-25(5)19(26)17-13(15)6-7-22-17/h6-11,22,24H,1-5H3,(H,23,27). The number of pyridine rings is 1. The van der Waals surface area contributed by atoms with Gasteiger partial charge in [0.25, 0.3) is 11.5 Å². The molecule has 31 heavy (non-hydrogen) atoms. The minimum absolute atomic E-state index is 0.0175. The summed E-state index contributed by atoms with van der Waals surface area (Å²) in [6.45, 7) is 6.71. The van der Waals surface area contributed by atoms with E-state index in [4.69, 9.17) is 4.74 Å². The van der Waals surface area contributed by atoms with Gasteiger partial charge in [-0.2, -0.15) is 0 Å². The van der Waals surface area contributed by atoms with Crippen molar-refractivity contribution in [3.63, 3.8) is 0 Å². The van der Waals surface area contributed by atoms with Crippen molar-refractivity contribution in [2.45, 2.75) is 44.2 Å². The first kappa shape index (κ1) is 21.1. The maximum absolute atomic E-state index is 12.9. The molecule has 164 valence electrons. The molecule has 0 radical (unpaired) electrons. The monoisotopic (exact) mass is 444 g/mol. The van der Waals surface area contributed by atoms with Crippen LogP contribution in [0.25, 0.3) is 22.0 Å². The van der Waals surface area contributed by atoms with Crippen LogP contribution in [0.4, 0.5) is 5.69 Å². The van der Waals surface area contributed by atoms with Crippen LogP contribution >= 0.6 is 0 Å². The number of anilines is 1. The van der Waals surface area contributed by atoms with E-state index in [0.717, 1.165) is 0 Å². The second-order valence-electron chi connectivity index (χ2n) is 8.42. The van der Waals surface area contributed by atoms with Crippen molar-refractivity contribution >= 4 is 32.5 Å². The van der Waals surface area contributed by atoms with Gasteiger partial charge in [0.05, 0.1) is 10.6 Å². The van der Waals surface area contributed by atoms with E-state index in [1.807, 2.05) is 0 Å². The Hall–Kier alpha value is -3.11. The molecule has 0 atom stereocenters. The number of aromatic nitrogens is 2. The van der Waals surface area contributed by atoms with Crippen LogP contribution in [-0.4, -0.2) is 35.5 Å². The highest BCUT2D eigenvalue weighted by Crippen LogP contribution is 2.45. The Kier molecular flexibility index (Phi) is 4.74. The smallest absolute Gasteiger partial charge is 0.274 e. The first-order valence-electron chi connectivity index (χ1n) is 9.78. The summed E-state index contributed by atoms with van der Waals surface area (Å²) in [5.41, 5.74) is 0.330. The predicted octanol–water partition coefficient (Wildman–Crippen LogP) is 2.33. The number of nitrogens with zero attached hydrogens (tertiary/aromatic N) is 1. The third-order valence-corrected chi connectivity index (χ3v) is 6.74. The number of hydrogen-bond donors (Lipinski definition) is 3. The fourth-order valence-electron chi connectivity index (χ4n) is 3.60. The van der Waals surface area contributed by atoms with Gasteiger partial charge in [-0.1, -0.05) is 0 Å². The Morgan fingerprint density at radius 2 is 1.87 bits per heavy atom. The molecule has 0 aliphatic carbocycles. The molecule has 1 aromatic carbocycles. The maximum atomic E-state index is 12.9. The normalized spacial score (nSPS) is 15.6. The molecule has 0 unspecified atom stereocenters. The van der Waals surface area contributed by atoms with Crippen LogP contribution < -0.4 is 20.3 Å². The molecule has 0 bridgehead atoms. The Morgan fingerprint density at radius 1 is 1.16 bits per heavy atom. The average molecular weight is 445 g/mol. The summed E-state index contributed by atoms with van der Waals surface area (Å²) >= 11 is 0. The molecule has 2 aromatic heterocycles. The van der Waals surface area contributed by atoms with Gasteiger partial charge in [0.2, 0.25) is 10.0 Å². The first-order chi connectivity index (χ1) is 14.4. The summed E-state index contributed by atoms with van der Waals surface area (Å²) in [5.74, 6) is -0.0428. The lowest BCUT2D eigenvalue weighted by Crippen LogP contribution is -2.46. The van der Waals surface area contributed by atoms with E-state index in [-0.39, 0.29) is 28.1 Å². The number of benzene rings is 1. The zero-order chi connectivity index (χ0) is 22.7. The van der Waals surface area contributed by atoms with E-state index in [2.05, 4.69) is 15.0 Å². The number of ether oxygens (including phenoxy) is 1. The van der Waals surface area contributed by atoms with Crippen molar-refractivity contribution < 1.29 is 17.9 Å². The molecule has 0 saturated carbocycles. The van der Waals surface area contributed by atoms with Crippen molar-refractivity contribution in [3.05, 3.63) is 40.9 Å². The van der Waals surface area contributed by atoms with Crippen LogP contribution in [0.15, 0.2) is 40.3 Å². The van der Waals surface area contributed by atoms with E-state index in [9.17, 15) is 18.0 Å². The molecular weight excluding hydrogens is 420 g/mol. The Labute approximate surface area is 179 Å². The number of hydrogen-bond acceptors (Lipinski definition) is 5. The number of aryl methyl sites for hydroxylation is 1. The van der Waals surface area contributed by atoms with Crippen LogP contribution in [-0.2, 0) is 21.9 Å². The molecule has 1 aliphatic heterocycles. The summed E-state index contributed by atoms with van der Waals surface area (Å²) < 4.78 is 35.9. The summed E-state index contributed by atoms with van der Waals surface area (Å²) in [6.07, 6.45) is 3.28. The van der Waals surface area contributed by atoms with Crippen LogP contribution in [0.1, 0.15) is 27.7 Å². The van der Waals surface area contributed by atoms with Crippen molar-refractivity contribution in [2.75, 3.05) is 5.32 Å². The molecule has 0 saturated heterocycles. The van der Waals surface area contributed by atoms with Gasteiger partial charge < -0.3 is 19.6 Å². The zero-order valence-corrected chi connectivity index (χ0v) is 18.7. The molecule has 3 N–H and O–H groups in total. The van der Waals surface area contributed by atoms with Crippen molar-refractivity contribution in [1.82, 2.24) is 14.3 Å². The molecule has 9 nitrogen and oxygen atoms in total. The highest BCUT2D eigenvalue weighted by atomic mass is 32.2. The lowest BCUT2D eigenvalue weighted by molar-refractivity contribution is -0.129. The lowest BCUT2D eigenvalue weighted by atomic mass is 9.98. The Bertz CT molecular complexity index is 1380. The van der Waals surface area contributed by atoms with Crippen LogP contribution in [0, 0.1) is 0 Å². The van der Waals surface area contributed by atoms with Crippen molar-refractivity contribution in [2.24, 2.45) is 7.05 Å². The van der Waals surface area contributed by atoms with Gasteiger partial charge in [-0.05, 0) is 45.9 Å². The highest BCUT2D eigenvalue weighted by molar-refractivity contribution is 7.89. The number of H-pyrrole nitrogens is 1. The van der Waals surface area contributed by atoms with E-state index in [1.54, 1.807) is 53.2 Å². The molecule has 3 heterocycles. The summed E-state index contributed by atoms with van der Waals surface area (Å²) in [6, 6.07) is 4.32. The summed E-state index contributed by atoms with van der Waals surface area (Å²) in [5, 5.41) is 3.38. The topological polar surface area (TPSA) is 122 Å². The number of fused-ring (bicyclic) bond motifs is 2. The van der Waals surface area contributed by atoms with Gasteiger partial charge in [0.15, 0.2) is 11.4 Å². The number of carbonyl (C=O) groups is 1. The molecule has 1 amide bonds. The largest absolute Gasteiger partial charge is 0.475 e. The molecule has 10 heteroatoms. The number of carbonyl (C=O) groups excluding carboxylic acids is 1. The van der Waals surface area contributed by atoms with E-state index < -0.39 is 15.6 Å². The number of nitrogens with one attached hydrogen (secondary N) is 3. The third kappa shape index (κ3) is 3.51. The lowest BCUT2D eigenvalue weighted by Gasteiger charge is -2.33. The number of aromatic amines is 1. The first-order valence-corrected chi connectivity index (χ1v) is 11.3. The van der Waals surface area contributed by atoms with Gasteiger partial charge in [-0.3, -0.25) is 9.59 Å². The van der Waals surface area contributed by atoms with Gasteiger partial charge >= 0.3 is 0 Å². The van der Waals surface area contributed by atoms with Crippen LogP contribution in [0.2, 0.25) is 0 Å².